The monoisotopic (exact) mass is 688 g/mol. The topological polar surface area (TPSA) is 75.6 Å². The summed E-state index contributed by atoms with van der Waals surface area (Å²) in [5, 5.41) is 10.3. The van der Waals surface area contributed by atoms with Gasteiger partial charge in [0.05, 0.1) is 31.5 Å². The summed E-state index contributed by atoms with van der Waals surface area (Å²) >= 11 is 3.69. The second kappa shape index (κ2) is 17.5. The van der Waals surface area contributed by atoms with Gasteiger partial charge in [0, 0.05) is 27.2 Å². The Morgan fingerprint density at radius 2 is 1.13 bits per heavy atom. The lowest BCUT2D eigenvalue weighted by atomic mass is 9.87. The number of rotatable bonds is 9. The van der Waals surface area contributed by atoms with Gasteiger partial charge in [-0.3, -0.25) is 0 Å². The summed E-state index contributed by atoms with van der Waals surface area (Å²) < 4.78 is 35.5. The molecule has 0 saturated carbocycles. The molecule has 0 aromatic heterocycles. The van der Waals surface area contributed by atoms with Crippen molar-refractivity contribution in [2.45, 2.75) is 113 Å². The first kappa shape index (κ1) is 38.4. The smallest absolute Gasteiger partial charge is 0.163 e. The maximum absolute atomic E-state index is 10.3. The minimum Gasteiger partial charge on any atom is -0.372 e. The average molecular weight is 689 g/mol. The molecule has 6 rings (SSSR count). The lowest BCUT2D eigenvalue weighted by Crippen LogP contribution is -2.35. The van der Waals surface area contributed by atoms with Gasteiger partial charge in [-0.25, -0.2) is 0 Å². The Labute approximate surface area is 291 Å². The van der Waals surface area contributed by atoms with Crippen molar-refractivity contribution in [3.05, 3.63) is 73.8 Å². The van der Waals surface area contributed by atoms with Crippen molar-refractivity contribution in [2.75, 3.05) is 24.7 Å². The van der Waals surface area contributed by atoms with E-state index in [4.69, 9.17) is 28.4 Å². The van der Waals surface area contributed by atoms with Crippen LogP contribution in [0.1, 0.15) is 54.9 Å². The molecule has 4 heterocycles. The van der Waals surface area contributed by atoms with Gasteiger partial charge < -0.3 is 33.5 Å². The van der Waals surface area contributed by atoms with Crippen LogP contribution in [0.25, 0.3) is 0 Å². The van der Waals surface area contributed by atoms with Crippen molar-refractivity contribution < 1.29 is 33.5 Å². The predicted octanol–water partition coefficient (Wildman–Crippen LogP) is 8.06. The standard InChI is InChI=1S/C19H28O3S.C17H24O4S.C2H4/c1-5-16-15(12-23-14-9-7-6-8-10-14)13(2)18(21-16)17-11-20-19(3,4)22-17;1-11-13(10-22-12-7-5-4-6-8-12)16(18)20-15(11)14-9-19-17(2,3)21-14;1-2/h6-10,13,15-18H,5,11-12H2,1-4H3;4-8,11,13-16,18H,9-10H2,1-3H3;1-2H2. The molecular weight excluding hydrogens is 633 g/mol. The fourth-order valence-electron chi connectivity index (χ4n) is 6.82. The van der Waals surface area contributed by atoms with E-state index >= 15 is 0 Å². The van der Waals surface area contributed by atoms with Crippen LogP contribution in [0, 0.1) is 23.7 Å². The van der Waals surface area contributed by atoms with Gasteiger partial charge in [-0.1, -0.05) is 57.2 Å². The zero-order chi connectivity index (χ0) is 34.2. The zero-order valence-corrected chi connectivity index (χ0v) is 30.8. The highest BCUT2D eigenvalue weighted by atomic mass is 32.2. The molecule has 2 aromatic carbocycles. The van der Waals surface area contributed by atoms with Crippen LogP contribution in [0.5, 0.6) is 0 Å². The molecule has 4 fully saturated rings. The van der Waals surface area contributed by atoms with Crippen molar-refractivity contribution in [1.29, 1.82) is 0 Å². The van der Waals surface area contributed by atoms with Crippen molar-refractivity contribution in [1.82, 2.24) is 0 Å². The van der Waals surface area contributed by atoms with E-state index in [0.29, 0.717) is 31.2 Å². The van der Waals surface area contributed by atoms with Crippen LogP contribution in [-0.2, 0) is 28.4 Å². The molecule has 1 N–H and O–H groups in total. The van der Waals surface area contributed by atoms with Crippen molar-refractivity contribution in [3.8, 4) is 0 Å². The van der Waals surface area contributed by atoms with Gasteiger partial charge >= 0.3 is 0 Å². The molecule has 0 radical (unpaired) electrons. The third-order valence-electron chi connectivity index (χ3n) is 9.43. The van der Waals surface area contributed by atoms with Crippen molar-refractivity contribution >= 4 is 23.5 Å². The van der Waals surface area contributed by atoms with Crippen LogP contribution in [0.3, 0.4) is 0 Å². The first-order chi connectivity index (χ1) is 22.5. The Bertz CT molecular complexity index is 1200. The lowest BCUT2D eigenvalue weighted by molar-refractivity contribution is -0.173. The minimum atomic E-state index is -0.733. The van der Waals surface area contributed by atoms with Gasteiger partial charge in [0.15, 0.2) is 17.9 Å². The van der Waals surface area contributed by atoms with E-state index in [9.17, 15) is 5.11 Å². The molecule has 0 aliphatic carbocycles. The number of ether oxygens (including phenoxy) is 6. The first-order valence-electron chi connectivity index (χ1n) is 16.9. The van der Waals surface area contributed by atoms with Gasteiger partial charge in [-0.15, -0.1) is 36.7 Å². The van der Waals surface area contributed by atoms with E-state index < -0.39 is 17.9 Å². The molecule has 9 heteroatoms. The second-order valence-corrected chi connectivity index (χ2v) is 15.8. The Balaban J connectivity index is 0.000000202. The number of hydrogen-bond acceptors (Lipinski definition) is 9. The van der Waals surface area contributed by atoms with Crippen LogP contribution in [0.2, 0.25) is 0 Å². The Morgan fingerprint density at radius 1 is 0.702 bits per heavy atom. The van der Waals surface area contributed by atoms with Crippen LogP contribution < -0.4 is 0 Å². The lowest BCUT2D eigenvalue weighted by Gasteiger charge is -2.24. The number of thioether (sulfide) groups is 2. The summed E-state index contributed by atoms with van der Waals surface area (Å²) in [5.41, 5.74) is 0. The normalized spacial score (nSPS) is 35.5. The molecule has 4 aliphatic heterocycles. The van der Waals surface area contributed by atoms with Gasteiger partial charge in [-0.05, 0) is 76.1 Å². The second-order valence-electron chi connectivity index (χ2n) is 13.6. The number of aliphatic hydroxyl groups excluding tert-OH is 1. The summed E-state index contributed by atoms with van der Waals surface area (Å²) in [7, 11) is 0. The van der Waals surface area contributed by atoms with Crippen LogP contribution in [0.4, 0.5) is 0 Å². The molecule has 47 heavy (non-hydrogen) atoms. The molecule has 2 aromatic rings. The van der Waals surface area contributed by atoms with E-state index in [-0.39, 0.29) is 36.3 Å². The van der Waals surface area contributed by atoms with Crippen molar-refractivity contribution in [3.63, 3.8) is 0 Å². The fourth-order valence-corrected chi connectivity index (χ4v) is 9.27. The summed E-state index contributed by atoms with van der Waals surface area (Å²) in [6, 6.07) is 20.9. The molecule has 7 nitrogen and oxygen atoms in total. The number of hydrogen-bond donors (Lipinski definition) is 1. The van der Waals surface area contributed by atoms with Gasteiger partial charge in [0.25, 0.3) is 0 Å². The SMILES string of the molecule is C=C.CC1C(CSc2ccccc2)C(O)OC1C1COC(C)(C)O1.CCC1OC(C2COC(C)(C)O2)C(C)C1CSc1ccccc1. The fraction of sp³-hybridized carbons (Fsp3) is 0.632. The maximum atomic E-state index is 10.3. The highest BCUT2D eigenvalue weighted by Crippen LogP contribution is 2.42. The van der Waals surface area contributed by atoms with Crippen LogP contribution in [-0.4, -0.2) is 78.2 Å². The molecule has 0 bridgehead atoms. The zero-order valence-electron chi connectivity index (χ0n) is 29.2. The summed E-state index contributed by atoms with van der Waals surface area (Å²) in [4.78, 5) is 2.55. The van der Waals surface area contributed by atoms with E-state index in [1.54, 1.807) is 11.8 Å². The highest BCUT2D eigenvalue weighted by Gasteiger charge is 2.50. The molecule has 10 atom stereocenters. The van der Waals surface area contributed by atoms with Crippen LogP contribution in [0.15, 0.2) is 83.6 Å². The third kappa shape index (κ3) is 10.3. The van der Waals surface area contributed by atoms with E-state index in [2.05, 4.69) is 76.4 Å². The summed E-state index contributed by atoms with van der Waals surface area (Å²) in [6.45, 7) is 21.6. The Hall–Kier alpha value is -1.40. The third-order valence-corrected chi connectivity index (χ3v) is 11.7. The van der Waals surface area contributed by atoms with E-state index in [1.165, 1.54) is 9.79 Å². The van der Waals surface area contributed by atoms with Gasteiger partial charge in [0.1, 0.15) is 12.2 Å². The van der Waals surface area contributed by atoms with Gasteiger partial charge in [-0.2, -0.15) is 0 Å². The Morgan fingerprint density at radius 3 is 1.55 bits per heavy atom. The molecule has 4 saturated heterocycles. The highest BCUT2D eigenvalue weighted by molar-refractivity contribution is 7.99. The molecule has 0 amide bonds. The predicted molar refractivity (Wildman–Crippen MR) is 191 cm³/mol. The summed E-state index contributed by atoms with van der Waals surface area (Å²) in [6.07, 6.45) is 0.619. The van der Waals surface area contributed by atoms with E-state index in [1.807, 2.05) is 57.7 Å². The molecule has 10 unspecified atom stereocenters. The molecule has 4 aliphatic rings. The van der Waals surface area contributed by atoms with Crippen LogP contribution >= 0.6 is 23.5 Å². The Kier molecular flexibility index (Phi) is 14.3. The first-order valence-corrected chi connectivity index (χ1v) is 18.9. The largest absolute Gasteiger partial charge is 0.372 e. The van der Waals surface area contributed by atoms with Crippen molar-refractivity contribution in [2.24, 2.45) is 23.7 Å². The number of aliphatic hydroxyl groups is 1. The molecular formula is C38H56O7S2. The number of benzene rings is 2. The quantitative estimate of drug-likeness (QED) is 0.208. The van der Waals surface area contributed by atoms with Gasteiger partial charge in [0.2, 0.25) is 0 Å². The average Bonchev–Trinajstić information content (AvgIpc) is 3.79. The minimum absolute atomic E-state index is 0.0563. The maximum Gasteiger partial charge on any atom is 0.163 e. The van der Waals surface area contributed by atoms with E-state index in [0.717, 1.165) is 17.9 Å². The molecule has 0 spiro atoms. The summed E-state index contributed by atoms with van der Waals surface area (Å²) in [5.74, 6) is 2.26. The molecule has 262 valence electrons.